The van der Waals surface area contributed by atoms with E-state index in [1.165, 1.54) is 6.08 Å². The number of carboxylic acid groups (broad SMARTS) is 3. The Morgan fingerprint density at radius 3 is 2.38 bits per heavy atom. The molecule has 1 fully saturated rings. The van der Waals surface area contributed by atoms with Gasteiger partial charge < -0.3 is 20.6 Å². The van der Waals surface area contributed by atoms with Crippen LogP contribution in [0.25, 0.3) is 0 Å². The highest BCUT2D eigenvalue weighted by molar-refractivity contribution is 5.76. The molecule has 1 saturated heterocycles. The van der Waals surface area contributed by atoms with E-state index in [2.05, 4.69) is 5.32 Å². The normalized spacial score (nSPS) is 26.1. The molecular formula is C14H19NO6. The lowest BCUT2D eigenvalue weighted by Crippen LogP contribution is -2.36. The van der Waals surface area contributed by atoms with E-state index in [1.54, 1.807) is 19.1 Å². The molecule has 4 N–H and O–H groups in total. The van der Waals surface area contributed by atoms with Gasteiger partial charge in [-0.3, -0.25) is 14.4 Å². The van der Waals surface area contributed by atoms with E-state index >= 15 is 0 Å². The van der Waals surface area contributed by atoms with Crippen LogP contribution in [0.2, 0.25) is 0 Å². The number of rotatable bonds is 7. The molecule has 21 heavy (non-hydrogen) atoms. The van der Waals surface area contributed by atoms with Crippen molar-refractivity contribution in [3.63, 3.8) is 0 Å². The Hall–Kier alpha value is -2.15. The zero-order chi connectivity index (χ0) is 16.0. The highest BCUT2D eigenvalue weighted by Crippen LogP contribution is 2.31. The molecule has 0 aromatic carbocycles. The van der Waals surface area contributed by atoms with Crippen LogP contribution < -0.4 is 5.32 Å². The molecule has 3 unspecified atom stereocenters. The van der Waals surface area contributed by atoms with E-state index in [4.69, 9.17) is 15.3 Å². The highest BCUT2D eigenvalue weighted by Gasteiger charge is 2.41. The molecule has 1 rings (SSSR count). The molecule has 0 bridgehead atoms. The van der Waals surface area contributed by atoms with Crippen molar-refractivity contribution >= 4 is 17.9 Å². The van der Waals surface area contributed by atoms with Gasteiger partial charge in [-0.1, -0.05) is 23.8 Å². The molecule has 0 aliphatic carbocycles. The van der Waals surface area contributed by atoms with Gasteiger partial charge in [0.25, 0.3) is 0 Å². The lowest BCUT2D eigenvalue weighted by molar-refractivity contribution is -0.142. The first-order valence-electron chi connectivity index (χ1n) is 6.56. The maximum absolute atomic E-state index is 11.1. The molecule has 7 heteroatoms. The Morgan fingerprint density at radius 1 is 1.19 bits per heavy atom. The van der Waals surface area contributed by atoms with Gasteiger partial charge in [0.1, 0.15) is 6.04 Å². The van der Waals surface area contributed by atoms with Crippen molar-refractivity contribution in [2.45, 2.75) is 25.8 Å². The maximum atomic E-state index is 11.1. The van der Waals surface area contributed by atoms with E-state index in [0.717, 1.165) is 5.57 Å². The molecule has 1 aliphatic heterocycles. The number of hydrogen-bond acceptors (Lipinski definition) is 4. The standard InChI is InChI=1S/C14H19NO6/c1-8(4-2-3-5-11(16)17)10-7-15-13(14(20)21)9(10)6-12(18)19/h2-4,9-10,13,15H,5-7H2,1H3,(H,16,17)(H,18,19)(H,20,21). The molecule has 116 valence electrons. The number of aliphatic carboxylic acids is 3. The maximum Gasteiger partial charge on any atom is 0.321 e. The predicted molar refractivity (Wildman–Crippen MR) is 73.8 cm³/mol. The van der Waals surface area contributed by atoms with Crippen molar-refractivity contribution in [3.05, 3.63) is 23.8 Å². The molecule has 1 aliphatic rings. The minimum atomic E-state index is -1.06. The largest absolute Gasteiger partial charge is 0.481 e. The third kappa shape index (κ3) is 5.03. The summed E-state index contributed by atoms with van der Waals surface area (Å²) in [4.78, 5) is 32.4. The van der Waals surface area contributed by atoms with Gasteiger partial charge in [-0.15, -0.1) is 0 Å². The van der Waals surface area contributed by atoms with Gasteiger partial charge in [0.15, 0.2) is 0 Å². The monoisotopic (exact) mass is 297 g/mol. The fourth-order valence-corrected chi connectivity index (χ4v) is 2.53. The zero-order valence-electron chi connectivity index (χ0n) is 11.7. The number of carboxylic acids is 3. The number of nitrogens with one attached hydrogen (secondary N) is 1. The summed E-state index contributed by atoms with van der Waals surface area (Å²) in [5.41, 5.74) is 0.833. The van der Waals surface area contributed by atoms with Crippen LogP contribution in [-0.4, -0.2) is 45.8 Å². The van der Waals surface area contributed by atoms with Gasteiger partial charge in [0.05, 0.1) is 12.8 Å². The van der Waals surface area contributed by atoms with Crippen LogP contribution in [0.5, 0.6) is 0 Å². The summed E-state index contributed by atoms with van der Waals surface area (Å²) >= 11 is 0. The first-order valence-corrected chi connectivity index (χ1v) is 6.56. The molecular weight excluding hydrogens is 278 g/mol. The summed E-state index contributed by atoms with van der Waals surface area (Å²) in [5.74, 6) is -3.75. The summed E-state index contributed by atoms with van der Waals surface area (Å²) in [7, 11) is 0. The Labute approximate surface area is 122 Å². The molecule has 0 amide bonds. The van der Waals surface area contributed by atoms with Crippen LogP contribution in [-0.2, 0) is 14.4 Å². The van der Waals surface area contributed by atoms with Gasteiger partial charge in [-0.2, -0.15) is 0 Å². The van der Waals surface area contributed by atoms with Crippen molar-refractivity contribution in [1.82, 2.24) is 5.32 Å². The summed E-state index contributed by atoms with van der Waals surface area (Å²) in [6.07, 6.45) is 4.46. The quantitative estimate of drug-likeness (QED) is 0.510. The predicted octanol–water partition coefficient (Wildman–Crippen LogP) is 0.727. The average molecular weight is 297 g/mol. The Morgan fingerprint density at radius 2 is 1.86 bits per heavy atom. The van der Waals surface area contributed by atoms with E-state index in [-0.39, 0.29) is 18.8 Å². The van der Waals surface area contributed by atoms with Crippen molar-refractivity contribution in [3.8, 4) is 0 Å². The van der Waals surface area contributed by atoms with E-state index in [0.29, 0.717) is 6.54 Å². The van der Waals surface area contributed by atoms with Crippen LogP contribution in [0, 0.1) is 11.8 Å². The van der Waals surface area contributed by atoms with Crippen LogP contribution in [0.1, 0.15) is 19.8 Å². The van der Waals surface area contributed by atoms with Crippen LogP contribution in [0.4, 0.5) is 0 Å². The van der Waals surface area contributed by atoms with Gasteiger partial charge in [0.2, 0.25) is 0 Å². The Kier molecular flexibility index (Phi) is 6.10. The first kappa shape index (κ1) is 16.9. The molecule has 0 saturated carbocycles. The smallest absolute Gasteiger partial charge is 0.321 e. The van der Waals surface area contributed by atoms with Gasteiger partial charge >= 0.3 is 17.9 Å². The molecule has 1 heterocycles. The Bertz CT molecular complexity index is 482. The lowest BCUT2D eigenvalue weighted by atomic mass is 9.83. The highest BCUT2D eigenvalue weighted by atomic mass is 16.4. The zero-order valence-corrected chi connectivity index (χ0v) is 11.7. The topological polar surface area (TPSA) is 124 Å². The number of allylic oxidation sites excluding steroid dienone is 2. The minimum Gasteiger partial charge on any atom is -0.481 e. The van der Waals surface area contributed by atoms with Gasteiger partial charge in [-0.25, -0.2) is 0 Å². The van der Waals surface area contributed by atoms with E-state index in [9.17, 15) is 14.4 Å². The van der Waals surface area contributed by atoms with E-state index < -0.39 is 29.9 Å². The van der Waals surface area contributed by atoms with Crippen molar-refractivity contribution in [2.24, 2.45) is 11.8 Å². The molecule has 0 radical (unpaired) electrons. The fourth-order valence-electron chi connectivity index (χ4n) is 2.53. The molecule has 0 spiro atoms. The van der Waals surface area contributed by atoms with Crippen LogP contribution in [0.15, 0.2) is 23.8 Å². The molecule has 0 aromatic heterocycles. The van der Waals surface area contributed by atoms with Crippen LogP contribution in [0.3, 0.4) is 0 Å². The molecule has 0 aromatic rings. The van der Waals surface area contributed by atoms with Crippen LogP contribution >= 0.6 is 0 Å². The fraction of sp³-hybridized carbons (Fsp3) is 0.500. The van der Waals surface area contributed by atoms with E-state index in [1.807, 2.05) is 0 Å². The third-order valence-electron chi connectivity index (χ3n) is 3.55. The summed E-state index contributed by atoms with van der Waals surface area (Å²) in [5, 5.41) is 29.4. The third-order valence-corrected chi connectivity index (χ3v) is 3.55. The molecule has 3 atom stereocenters. The second-order valence-electron chi connectivity index (χ2n) is 5.03. The van der Waals surface area contributed by atoms with Crippen molar-refractivity contribution < 1.29 is 29.7 Å². The minimum absolute atomic E-state index is 0.0942. The van der Waals surface area contributed by atoms with Gasteiger partial charge in [0, 0.05) is 12.5 Å². The number of hydrogen-bond donors (Lipinski definition) is 4. The SMILES string of the molecule is CC(=CC=CCC(=O)O)C1CNC(C(=O)O)C1CC(=O)O. The number of carbonyl (C=O) groups is 3. The summed E-state index contributed by atoms with van der Waals surface area (Å²) in [6, 6.07) is -0.877. The van der Waals surface area contributed by atoms with Gasteiger partial charge in [-0.05, 0) is 12.8 Å². The second kappa shape index (κ2) is 7.58. The van der Waals surface area contributed by atoms with Crippen molar-refractivity contribution in [2.75, 3.05) is 6.54 Å². The summed E-state index contributed by atoms with van der Waals surface area (Å²) < 4.78 is 0. The first-order chi connectivity index (χ1) is 9.82. The van der Waals surface area contributed by atoms with Crippen molar-refractivity contribution in [1.29, 1.82) is 0 Å². The second-order valence-corrected chi connectivity index (χ2v) is 5.03. The lowest BCUT2D eigenvalue weighted by Gasteiger charge is -2.20. The Balaban J connectivity index is 2.81. The average Bonchev–Trinajstić information content (AvgIpc) is 2.77. The molecule has 7 nitrogen and oxygen atoms in total. The summed E-state index contributed by atoms with van der Waals surface area (Å²) in [6.45, 7) is 2.18.